The van der Waals surface area contributed by atoms with Crippen molar-refractivity contribution in [2.45, 2.75) is 12.6 Å². The van der Waals surface area contributed by atoms with Gasteiger partial charge in [-0.15, -0.1) is 0 Å². The van der Waals surface area contributed by atoms with Crippen LogP contribution in [0, 0.1) is 0 Å². The first kappa shape index (κ1) is 18.9. The predicted octanol–water partition coefficient (Wildman–Crippen LogP) is 1.96. The van der Waals surface area contributed by atoms with Crippen LogP contribution in [0.5, 0.6) is 5.75 Å². The minimum Gasteiger partial charge on any atom is -0.497 e. The van der Waals surface area contributed by atoms with Gasteiger partial charge < -0.3 is 24.8 Å². The van der Waals surface area contributed by atoms with E-state index >= 15 is 0 Å². The van der Waals surface area contributed by atoms with Gasteiger partial charge in [-0.25, -0.2) is 0 Å². The van der Waals surface area contributed by atoms with Crippen molar-refractivity contribution in [2.24, 2.45) is 4.99 Å². The van der Waals surface area contributed by atoms with Crippen molar-refractivity contribution in [1.29, 1.82) is 0 Å². The summed E-state index contributed by atoms with van der Waals surface area (Å²) in [6, 6.07) is 12.5. The van der Waals surface area contributed by atoms with E-state index in [1.54, 1.807) is 14.2 Å². The van der Waals surface area contributed by atoms with E-state index in [1.807, 2.05) is 24.3 Å². The van der Waals surface area contributed by atoms with E-state index in [4.69, 9.17) is 4.74 Å². The van der Waals surface area contributed by atoms with E-state index in [1.165, 1.54) is 5.56 Å². The first-order chi connectivity index (χ1) is 12.1. The number of likely N-dealkylation sites (N-methyl/N-ethyl adjacent to an activating group) is 1. The lowest BCUT2D eigenvalue weighted by atomic mass is 10.1. The smallest absolute Gasteiger partial charge is 0.191 e. The Kier molecular flexibility index (Phi) is 7.35. The Bertz CT molecular complexity index is 652. The fourth-order valence-electron chi connectivity index (χ4n) is 2.68. The molecule has 1 atom stereocenters. The molecule has 2 N–H and O–H groups in total. The molecular formula is C19H29N5O. The van der Waals surface area contributed by atoms with Crippen molar-refractivity contribution < 1.29 is 4.74 Å². The number of nitrogens with one attached hydrogen (secondary N) is 2. The number of methoxy groups -OCH3 is 1. The predicted molar refractivity (Wildman–Crippen MR) is 103 cm³/mol. The Labute approximate surface area is 150 Å². The summed E-state index contributed by atoms with van der Waals surface area (Å²) >= 11 is 0. The van der Waals surface area contributed by atoms with E-state index in [0.717, 1.165) is 31.3 Å². The zero-order chi connectivity index (χ0) is 18.1. The maximum absolute atomic E-state index is 5.34. The number of aliphatic imine (C=N–C) groups is 1. The van der Waals surface area contributed by atoms with Crippen molar-refractivity contribution in [3.63, 3.8) is 0 Å². The maximum atomic E-state index is 5.34. The molecule has 0 aliphatic rings. The summed E-state index contributed by atoms with van der Waals surface area (Å²) in [6.45, 7) is 2.48. The number of hydrogen-bond donors (Lipinski definition) is 2. The van der Waals surface area contributed by atoms with Gasteiger partial charge in [-0.05, 0) is 43.9 Å². The van der Waals surface area contributed by atoms with Gasteiger partial charge in [0.05, 0.1) is 13.2 Å². The molecule has 6 nitrogen and oxygen atoms in total. The molecule has 0 amide bonds. The SMILES string of the molecule is CN=C(NCCn1cccc1)NCC(c1cccc(OC)c1)N(C)C. The highest BCUT2D eigenvalue weighted by Crippen LogP contribution is 2.21. The number of aromatic nitrogens is 1. The molecule has 1 aromatic carbocycles. The quantitative estimate of drug-likeness (QED) is 0.568. The molecule has 0 fully saturated rings. The molecule has 0 aliphatic carbocycles. The third-order valence-corrected chi connectivity index (χ3v) is 4.12. The standard InChI is InChI=1S/C19H29N5O/c1-20-19(21-10-13-24-11-5-6-12-24)22-15-18(23(2)3)16-8-7-9-17(14-16)25-4/h5-9,11-12,14,18H,10,13,15H2,1-4H3,(H2,20,21,22). The molecule has 0 bridgehead atoms. The van der Waals surface area contributed by atoms with Crippen LogP contribution in [0.15, 0.2) is 53.8 Å². The summed E-state index contributed by atoms with van der Waals surface area (Å²) in [5, 5.41) is 6.76. The van der Waals surface area contributed by atoms with Gasteiger partial charge in [-0.1, -0.05) is 12.1 Å². The molecule has 2 aromatic rings. The number of ether oxygens (including phenoxy) is 1. The normalized spacial score (nSPS) is 12.9. The van der Waals surface area contributed by atoms with Gasteiger partial charge in [-0.3, -0.25) is 4.99 Å². The van der Waals surface area contributed by atoms with Crippen LogP contribution < -0.4 is 15.4 Å². The second-order valence-electron chi connectivity index (χ2n) is 6.06. The van der Waals surface area contributed by atoms with Gasteiger partial charge >= 0.3 is 0 Å². The summed E-state index contributed by atoms with van der Waals surface area (Å²) < 4.78 is 7.48. The minimum atomic E-state index is 0.220. The first-order valence-electron chi connectivity index (χ1n) is 8.49. The van der Waals surface area contributed by atoms with E-state index in [9.17, 15) is 0 Å². The fourth-order valence-corrected chi connectivity index (χ4v) is 2.68. The van der Waals surface area contributed by atoms with E-state index < -0.39 is 0 Å². The Hall–Kier alpha value is -2.47. The monoisotopic (exact) mass is 343 g/mol. The van der Waals surface area contributed by atoms with Crippen molar-refractivity contribution in [1.82, 2.24) is 20.1 Å². The molecule has 0 spiro atoms. The molecule has 1 aromatic heterocycles. The largest absolute Gasteiger partial charge is 0.497 e. The van der Waals surface area contributed by atoms with Crippen molar-refractivity contribution >= 4 is 5.96 Å². The topological polar surface area (TPSA) is 53.8 Å². The molecule has 2 rings (SSSR count). The van der Waals surface area contributed by atoms with Gasteiger partial charge in [0.2, 0.25) is 0 Å². The van der Waals surface area contributed by atoms with Crippen LogP contribution in [0.3, 0.4) is 0 Å². The van der Waals surface area contributed by atoms with Gasteiger partial charge in [0.1, 0.15) is 5.75 Å². The van der Waals surface area contributed by atoms with Gasteiger partial charge in [0.25, 0.3) is 0 Å². The lowest BCUT2D eigenvalue weighted by Crippen LogP contribution is -2.42. The van der Waals surface area contributed by atoms with Crippen molar-refractivity contribution in [3.8, 4) is 5.75 Å². The van der Waals surface area contributed by atoms with Crippen LogP contribution in [0.1, 0.15) is 11.6 Å². The highest BCUT2D eigenvalue weighted by molar-refractivity contribution is 5.79. The van der Waals surface area contributed by atoms with Gasteiger partial charge in [0.15, 0.2) is 5.96 Å². The number of rotatable bonds is 8. The van der Waals surface area contributed by atoms with E-state index in [-0.39, 0.29) is 6.04 Å². The summed E-state index contributed by atoms with van der Waals surface area (Å²) in [5.41, 5.74) is 1.21. The van der Waals surface area contributed by atoms with Crippen LogP contribution in [0.2, 0.25) is 0 Å². The summed E-state index contributed by atoms with van der Waals surface area (Å²) in [5.74, 6) is 1.68. The lowest BCUT2D eigenvalue weighted by molar-refractivity contribution is 0.297. The van der Waals surface area contributed by atoms with Crippen LogP contribution in [-0.2, 0) is 6.54 Å². The molecule has 1 heterocycles. The van der Waals surface area contributed by atoms with Crippen molar-refractivity contribution in [2.75, 3.05) is 41.3 Å². The fraction of sp³-hybridized carbons (Fsp3) is 0.421. The van der Waals surface area contributed by atoms with Gasteiger partial charge in [0, 0.05) is 39.1 Å². The Morgan fingerprint density at radius 3 is 2.60 bits per heavy atom. The molecule has 0 radical (unpaired) electrons. The van der Waals surface area contributed by atoms with Gasteiger partial charge in [-0.2, -0.15) is 0 Å². The zero-order valence-corrected chi connectivity index (χ0v) is 15.6. The summed E-state index contributed by atoms with van der Waals surface area (Å²) in [7, 11) is 7.64. The molecule has 25 heavy (non-hydrogen) atoms. The van der Waals surface area contributed by atoms with E-state index in [0.29, 0.717) is 0 Å². The number of nitrogens with zero attached hydrogens (tertiary/aromatic N) is 3. The second-order valence-corrected chi connectivity index (χ2v) is 6.06. The maximum Gasteiger partial charge on any atom is 0.191 e. The van der Waals surface area contributed by atoms with Crippen LogP contribution in [0.25, 0.3) is 0 Å². The number of hydrogen-bond acceptors (Lipinski definition) is 3. The van der Waals surface area contributed by atoms with Crippen LogP contribution in [-0.4, -0.2) is 56.8 Å². The summed E-state index contributed by atoms with van der Waals surface area (Å²) in [6.07, 6.45) is 4.12. The van der Waals surface area contributed by atoms with Crippen molar-refractivity contribution in [3.05, 3.63) is 54.4 Å². The molecule has 136 valence electrons. The number of benzene rings is 1. The Morgan fingerprint density at radius 2 is 1.96 bits per heavy atom. The highest BCUT2D eigenvalue weighted by atomic mass is 16.5. The molecular weight excluding hydrogens is 314 g/mol. The van der Waals surface area contributed by atoms with E-state index in [2.05, 4.69) is 63.7 Å². The van der Waals surface area contributed by atoms with Crippen LogP contribution >= 0.6 is 0 Å². The molecule has 0 aliphatic heterocycles. The minimum absolute atomic E-state index is 0.220. The Balaban J connectivity index is 1.89. The lowest BCUT2D eigenvalue weighted by Gasteiger charge is -2.26. The molecule has 6 heteroatoms. The molecule has 0 saturated carbocycles. The first-order valence-corrected chi connectivity index (χ1v) is 8.49. The summed E-state index contributed by atoms with van der Waals surface area (Å²) in [4.78, 5) is 6.50. The third kappa shape index (κ3) is 5.83. The molecule has 1 unspecified atom stereocenters. The second kappa shape index (κ2) is 9.74. The molecule has 0 saturated heterocycles. The zero-order valence-electron chi connectivity index (χ0n) is 15.6. The van der Waals surface area contributed by atoms with Crippen LogP contribution in [0.4, 0.5) is 0 Å². The third-order valence-electron chi connectivity index (χ3n) is 4.12. The average molecular weight is 343 g/mol. The Morgan fingerprint density at radius 1 is 1.20 bits per heavy atom. The number of guanidine groups is 1. The highest BCUT2D eigenvalue weighted by Gasteiger charge is 2.15. The average Bonchev–Trinajstić information content (AvgIpc) is 3.13.